The lowest BCUT2D eigenvalue weighted by Crippen LogP contribution is -2.26. The molecule has 5 rings (SSSR count). The van der Waals surface area contributed by atoms with E-state index >= 15 is 0 Å². The van der Waals surface area contributed by atoms with E-state index in [1.807, 2.05) is 48.5 Å². The van der Waals surface area contributed by atoms with Crippen LogP contribution in [0, 0.1) is 0 Å². The largest absolute Gasteiger partial charge is 0.472 e. The van der Waals surface area contributed by atoms with Crippen molar-refractivity contribution in [3.05, 3.63) is 96.7 Å². The van der Waals surface area contributed by atoms with Crippen LogP contribution in [-0.2, 0) is 0 Å². The second-order valence-corrected chi connectivity index (χ2v) is 7.35. The number of furan rings is 1. The molecule has 6 heteroatoms. The van der Waals surface area contributed by atoms with Crippen molar-refractivity contribution >= 4 is 17.5 Å². The summed E-state index contributed by atoms with van der Waals surface area (Å²) >= 11 is 0. The predicted octanol–water partition coefficient (Wildman–Crippen LogP) is 4.77. The van der Waals surface area contributed by atoms with Gasteiger partial charge in [0.15, 0.2) is 0 Å². The Hall–Kier alpha value is -3.93. The molecule has 4 aromatic rings. The molecule has 2 N–H and O–H groups in total. The van der Waals surface area contributed by atoms with Crippen molar-refractivity contribution in [3.63, 3.8) is 0 Å². The summed E-state index contributed by atoms with van der Waals surface area (Å²) in [4.78, 5) is 21.4. The van der Waals surface area contributed by atoms with Crippen molar-refractivity contribution in [2.45, 2.75) is 18.4 Å². The molecule has 0 bridgehead atoms. The number of hydrogen-bond donors (Lipinski definition) is 2. The van der Waals surface area contributed by atoms with Crippen LogP contribution in [0.3, 0.4) is 0 Å². The highest BCUT2D eigenvalue weighted by Crippen LogP contribution is 2.40. The molecule has 30 heavy (non-hydrogen) atoms. The van der Waals surface area contributed by atoms with Gasteiger partial charge in [0.2, 0.25) is 5.95 Å². The minimum atomic E-state index is -0.0710. The van der Waals surface area contributed by atoms with Gasteiger partial charge in [0.25, 0.3) is 5.91 Å². The molecule has 1 aliphatic rings. The van der Waals surface area contributed by atoms with Crippen molar-refractivity contribution in [2.75, 3.05) is 5.32 Å². The fourth-order valence-electron chi connectivity index (χ4n) is 3.51. The summed E-state index contributed by atoms with van der Waals surface area (Å²) in [5.41, 5.74) is 4.44. The molecular weight excluding hydrogens is 376 g/mol. The molecule has 0 radical (unpaired) electrons. The molecule has 2 aromatic heterocycles. The minimum Gasteiger partial charge on any atom is -0.472 e. The van der Waals surface area contributed by atoms with Gasteiger partial charge in [-0.3, -0.25) is 4.79 Å². The van der Waals surface area contributed by atoms with E-state index in [0.717, 1.165) is 23.2 Å². The lowest BCUT2D eigenvalue weighted by Gasteiger charge is -2.08. The van der Waals surface area contributed by atoms with Crippen LogP contribution in [0.4, 0.5) is 11.6 Å². The summed E-state index contributed by atoms with van der Waals surface area (Å²) in [7, 11) is 0. The van der Waals surface area contributed by atoms with Crippen molar-refractivity contribution < 1.29 is 9.21 Å². The SMILES string of the molecule is O=C(N[C@@H]1C[C@H]1c1ccccc1)c1cccc(Nc2ncc(-c3ccoc3)cn2)c1. The van der Waals surface area contributed by atoms with Crippen LogP contribution in [-0.4, -0.2) is 21.9 Å². The quantitative estimate of drug-likeness (QED) is 0.491. The van der Waals surface area contributed by atoms with Crippen LogP contribution in [0.5, 0.6) is 0 Å². The maximum absolute atomic E-state index is 12.7. The molecule has 1 fully saturated rings. The van der Waals surface area contributed by atoms with Crippen molar-refractivity contribution in [3.8, 4) is 11.1 Å². The Morgan fingerprint density at radius 3 is 2.57 bits per heavy atom. The van der Waals surface area contributed by atoms with Crippen molar-refractivity contribution in [2.24, 2.45) is 0 Å². The van der Waals surface area contributed by atoms with Crippen LogP contribution in [0.15, 0.2) is 90.0 Å². The molecular formula is C24H20N4O2. The lowest BCUT2D eigenvalue weighted by atomic mass is 10.1. The number of benzene rings is 2. The minimum absolute atomic E-state index is 0.0710. The van der Waals surface area contributed by atoms with Gasteiger partial charge in [-0.15, -0.1) is 0 Å². The summed E-state index contributed by atoms with van der Waals surface area (Å²) in [5, 5.41) is 6.28. The normalized spacial score (nSPS) is 17.3. The van der Waals surface area contributed by atoms with Gasteiger partial charge < -0.3 is 15.1 Å². The molecule has 2 atom stereocenters. The second-order valence-electron chi connectivity index (χ2n) is 7.35. The summed E-state index contributed by atoms with van der Waals surface area (Å²) in [5.74, 6) is 0.794. The smallest absolute Gasteiger partial charge is 0.251 e. The highest BCUT2D eigenvalue weighted by Gasteiger charge is 2.39. The van der Waals surface area contributed by atoms with Crippen molar-refractivity contribution in [1.82, 2.24) is 15.3 Å². The van der Waals surface area contributed by atoms with Gasteiger partial charge in [0.1, 0.15) is 0 Å². The van der Waals surface area contributed by atoms with Gasteiger partial charge in [0, 0.05) is 46.7 Å². The van der Waals surface area contributed by atoms with Gasteiger partial charge >= 0.3 is 0 Å². The summed E-state index contributed by atoms with van der Waals surface area (Å²) < 4.78 is 5.08. The maximum Gasteiger partial charge on any atom is 0.251 e. The third-order valence-corrected chi connectivity index (χ3v) is 5.22. The first-order chi connectivity index (χ1) is 14.8. The van der Waals surface area contributed by atoms with Gasteiger partial charge in [-0.2, -0.15) is 0 Å². The topological polar surface area (TPSA) is 80.0 Å². The standard InChI is InChI=1S/C24H20N4O2/c29-23(28-22-12-21(22)16-5-2-1-3-6-16)17-7-4-8-20(11-17)27-24-25-13-19(14-26-24)18-9-10-30-15-18/h1-11,13-15,21-22H,12H2,(H,28,29)(H,25,26,27)/t21-,22+/m0/s1. The van der Waals surface area contributed by atoms with Gasteiger partial charge in [-0.1, -0.05) is 36.4 Å². The summed E-state index contributed by atoms with van der Waals surface area (Å²) in [6.07, 6.45) is 7.70. The van der Waals surface area contributed by atoms with Crippen molar-refractivity contribution in [1.29, 1.82) is 0 Å². The molecule has 2 aromatic carbocycles. The molecule has 0 spiro atoms. The molecule has 6 nitrogen and oxygen atoms in total. The maximum atomic E-state index is 12.7. The van der Waals surface area contributed by atoms with E-state index in [4.69, 9.17) is 4.42 Å². The van der Waals surface area contributed by atoms with Gasteiger partial charge in [-0.05, 0) is 36.2 Å². The van der Waals surface area contributed by atoms with Crippen LogP contribution < -0.4 is 10.6 Å². The zero-order valence-corrected chi connectivity index (χ0v) is 16.2. The molecule has 2 heterocycles. The van der Waals surface area contributed by atoms with E-state index in [-0.39, 0.29) is 11.9 Å². The van der Waals surface area contributed by atoms with Crippen LogP contribution in [0.2, 0.25) is 0 Å². The number of carbonyl (C=O) groups is 1. The Morgan fingerprint density at radius 1 is 0.967 bits per heavy atom. The number of anilines is 2. The van der Waals surface area contributed by atoms with E-state index in [1.165, 1.54) is 5.56 Å². The number of aromatic nitrogens is 2. The number of carbonyl (C=O) groups excluding carboxylic acids is 1. The molecule has 1 amide bonds. The molecule has 1 aliphatic carbocycles. The summed E-state index contributed by atoms with van der Waals surface area (Å²) in [6.45, 7) is 0. The Kier molecular flexibility index (Phi) is 4.73. The molecule has 0 unspecified atom stereocenters. The Morgan fingerprint density at radius 2 is 1.80 bits per heavy atom. The Balaban J connectivity index is 1.23. The zero-order valence-electron chi connectivity index (χ0n) is 16.2. The fourth-order valence-corrected chi connectivity index (χ4v) is 3.51. The molecule has 0 aliphatic heterocycles. The first-order valence-electron chi connectivity index (χ1n) is 9.84. The average Bonchev–Trinajstić information content (AvgIpc) is 3.33. The van der Waals surface area contributed by atoms with Gasteiger partial charge in [0.05, 0.1) is 12.5 Å². The van der Waals surface area contributed by atoms with Gasteiger partial charge in [-0.25, -0.2) is 9.97 Å². The third kappa shape index (κ3) is 3.93. The Bertz CT molecular complexity index is 1140. The monoisotopic (exact) mass is 396 g/mol. The predicted molar refractivity (Wildman–Crippen MR) is 115 cm³/mol. The molecule has 148 valence electrons. The molecule has 0 saturated heterocycles. The first kappa shape index (κ1) is 18.1. The number of nitrogens with one attached hydrogen (secondary N) is 2. The average molecular weight is 396 g/mol. The zero-order chi connectivity index (χ0) is 20.3. The fraction of sp³-hybridized carbons (Fsp3) is 0.125. The van der Waals surface area contributed by atoms with E-state index in [1.54, 1.807) is 24.9 Å². The van der Waals surface area contributed by atoms with E-state index in [0.29, 0.717) is 17.4 Å². The number of amides is 1. The van der Waals surface area contributed by atoms with Crippen LogP contribution in [0.1, 0.15) is 28.3 Å². The lowest BCUT2D eigenvalue weighted by molar-refractivity contribution is 0.0950. The molecule has 1 saturated carbocycles. The van der Waals surface area contributed by atoms with Crippen LogP contribution in [0.25, 0.3) is 11.1 Å². The highest BCUT2D eigenvalue weighted by atomic mass is 16.3. The Labute approximate surface area is 174 Å². The summed E-state index contributed by atoms with van der Waals surface area (Å²) in [6, 6.07) is 19.7. The first-order valence-corrected chi connectivity index (χ1v) is 9.84. The number of rotatable bonds is 6. The van der Waals surface area contributed by atoms with E-state index < -0.39 is 0 Å². The van der Waals surface area contributed by atoms with E-state index in [2.05, 4.69) is 32.7 Å². The number of hydrogen-bond acceptors (Lipinski definition) is 5. The third-order valence-electron chi connectivity index (χ3n) is 5.22. The second kappa shape index (κ2) is 7.83. The number of nitrogens with zero attached hydrogens (tertiary/aromatic N) is 2. The van der Waals surface area contributed by atoms with Crippen LogP contribution >= 0.6 is 0 Å². The van der Waals surface area contributed by atoms with E-state index in [9.17, 15) is 4.79 Å². The highest BCUT2D eigenvalue weighted by molar-refractivity contribution is 5.95.